The zero-order valence-corrected chi connectivity index (χ0v) is 34.9. The van der Waals surface area contributed by atoms with E-state index in [1.807, 2.05) is 34.6 Å². The highest BCUT2D eigenvalue weighted by molar-refractivity contribution is 7.15. The van der Waals surface area contributed by atoms with Gasteiger partial charge >= 0.3 is 6.09 Å². The van der Waals surface area contributed by atoms with E-state index < -0.39 is 17.3 Å². The van der Waals surface area contributed by atoms with Gasteiger partial charge in [-0.3, -0.25) is 4.79 Å². The summed E-state index contributed by atoms with van der Waals surface area (Å²) < 4.78 is 12.0. The minimum absolute atomic E-state index is 0.00251. The average molecular weight is 744 g/mol. The van der Waals surface area contributed by atoms with Crippen molar-refractivity contribution in [3.8, 4) is 0 Å². The van der Waals surface area contributed by atoms with Crippen molar-refractivity contribution in [1.82, 2.24) is 10.3 Å². The lowest BCUT2D eigenvalue weighted by molar-refractivity contribution is -0.227. The van der Waals surface area contributed by atoms with Crippen LogP contribution < -0.4 is 10.6 Å². The number of aliphatic hydroxyl groups is 2. The fraction of sp³-hybridized carbons (Fsp3) is 0.881. The minimum atomic E-state index is -0.871. The fourth-order valence-electron chi connectivity index (χ4n) is 12.7. The van der Waals surface area contributed by atoms with Crippen molar-refractivity contribution in [2.75, 3.05) is 11.9 Å². The van der Waals surface area contributed by atoms with Crippen molar-refractivity contribution in [2.24, 2.45) is 39.9 Å². The van der Waals surface area contributed by atoms with E-state index in [1.165, 1.54) is 4.88 Å². The molecule has 1 unspecified atom stereocenters. The Hall–Kier alpha value is -1.75. The first-order valence-corrected chi connectivity index (χ1v) is 21.1. The molecular weight excluding hydrogens is 675 g/mol. The van der Waals surface area contributed by atoms with Crippen LogP contribution in [0.4, 0.5) is 9.93 Å². The number of rotatable bonds is 9. The van der Waals surface area contributed by atoms with Gasteiger partial charge in [0.2, 0.25) is 5.91 Å². The van der Waals surface area contributed by atoms with Crippen LogP contribution in [0.25, 0.3) is 0 Å². The Morgan fingerprint density at radius 2 is 1.63 bits per heavy atom. The van der Waals surface area contributed by atoms with Crippen molar-refractivity contribution in [3.05, 3.63) is 10.6 Å². The molecule has 1 aliphatic heterocycles. The van der Waals surface area contributed by atoms with Gasteiger partial charge in [-0.2, -0.15) is 0 Å². The Balaban J connectivity index is 1.13. The number of aromatic nitrogens is 1. The Bertz CT molecular complexity index is 1510. The van der Waals surface area contributed by atoms with Gasteiger partial charge in [-0.15, -0.1) is 11.3 Å². The van der Waals surface area contributed by atoms with Crippen molar-refractivity contribution < 1.29 is 29.3 Å². The maximum Gasteiger partial charge on any atom is 0.407 e. The van der Waals surface area contributed by atoms with Crippen molar-refractivity contribution in [3.63, 3.8) is 0 Å². The lowest BCUT2D eigenvalue weighted by Crippen LogP contribution is -2.66. The Kier molecular flexibility index (Phi) is 10.3. The van der Waals surface area contributed by atoms with Crippen molar-refractivity contribution >= 4 is 28.5 Å². The number of aliphatic hydroxyl groups excluding tert-OH is 1. The number of thiazole rings is 1. The van der Waals surface area contributed by atoms with Gasteiger partial charge in [0, 0.05) is 23.3 Å². The van der Waals surface area contributed by atoms with Crippen LogP contribution in [0.2, 0.25) is 0 Å². The normalized spacial score (nSPS) is 39.6. The zero-order valence-electron chi connectivity index (χ0n) is 34.0. The van der Waals surface area contributed by atoms with E-state index in [9.17, 15) is 19.8 Å². The highest BCUT2D eigenvalue weighted by Crippen LogP contribution is 2.76. The third-order valence-corrected chi connectivity index (χ3v) is 16.2. The average Bonchev–Trinajstić information content (AvgIpc) is 3.71. The zero-order chi connectivity index (χ0) is 38.3. The van der Waals surface area contributed by atoms with E-state index in [-0.39, 0.29) is 57.2 Å². The summed E-state index contributed by atoms with van der Waals surface area (Å²) in [5.74, 6) is 1.24. The second-order valence-electron chi connectivity index (χ2n) is 20.5. The molecule has 4 aliphatic carbocycles. The van der Waals surface area contributed by atoms with E-state index in [1.54, 1.807) is 11.3 Å². The number of amides is 2. The lowest BCUT2D eigenvalue weighted by atomic mass is 9.35. The van der Waals surface area contributed by atoms with Gasteiger partial charge in [-0.1, -0.05) is 41.0 Å². The third-order valence-electron chi connectivity index (χ3n) is 15.3. The van der Waals surface area contributed by atoms with Crippen LogP contribution in [-0.4, -0.2) is 62.8 Å². The molecule has 0 spiro atoms. The lowest BCUT2D eigenvalue weighted by Gasteiger charge is -2.69. The first-order valence-electron chi connectivity index (χ1n) is 20.3. The predicted molar refractivity (Wildman–Crippen MR) is 206 cm³/mol. The standard InChI is InChI=1S/C42H69N3O6S/c1-36(2,3)51-35(48)43-22-14-12-13-15-31(47)44-34-45-33-27(52-34)24-39(8)28(37(33,4)5)17-20-40(9)29(39)23-26(46)32-25(16-19-41(32,40)10)42(11)21-18-30(50-42)38(6,7)49/h25-26,28-30,32,46,49H,12-24H2,1-11H3,(H,43,48)(H,44,45,47)/t25?,26-,28+,29-,30+,32+,39+,40-,41-,42+/m1/s1. The van der Waals surface area contributed by atoms with Gasteiger partial charge in [-0.05, 0) is 146 Å². The van der Waals surface area contributed by atoms with Crippen LogP contribution in [0, 0.1) is 39.9 Å². The highest BCUT2D eigenvalue weighted by Gasteiger charge is 2.72. The summed E-state index contributed by atoms with van der Waals surface area (Å²) in [4.78, 5) is 31.3. The molecule has 2 heterocycles. The Morgan fingerprint density at radius 1 is 0.942 bits per heavy atom. The summed E-state index contributed by atoms with van der Waals surface area (Å²) in [6, 6.07) is 0. The Labute approximate surface area is 317 Å². The van der Waals surface area contributed by atoms with E-state index in [2.05, 4.69) is 52.2 Å². The number of hydrogen-bond donors (Lipinski definition) is 4. The number of unbranched alkanes of at least 4 members (excludes halogenated alkanes) is 2. The highest BCUT2D eigenvalue weighted by atomic mass is 32.1. The van der Waals surface area contributed by atoms with Crippen LogP contribution in [-0.2, 0) is 26.1 Å². The Morgan fingerprint density at radius 3 is 2.29 bits per heavy atom. The van der Waals surface area contributed by atoms with Crippen molar-refractivity contribution in [2.45, 2.75) is 188 Å². The van der Waals surface area contributed by atoms with Crippen LogP contribution >= 0.6 is 11.3 Å². The maximum atomic E-state index is 13.0. The first-order chi connectivity index (χ1) is 23.9. The molecule has 2 amide bonds. The molecule has 0 bridgehead atoms. The number of fused-ring (bicyclic) bond motifs is 6. The molecule has 5 aliphatic rings. The number of alkyl carbamates (subject to hydrolysis) is 1. The summed E-state index contributed by atoms with van der Waals surface area (Å²) in [5.41, 5.74) is -0.653. The maximum absolute atomic E-state index is 13.0. The molecule has 4 N–H and O–H groups in total. The minimum Gasteiger partial charge on any atom is -0.444 e. The predicted octanol–water partition coefficient (Wildman–Crippen LogP) is 8.54. The van der Waals surface area contributed by atoms with Gasteiger partial charge in [-0.25, -0.2) is 9.78 Å². The summed E-state index contributed by atoms with van der Waals surface area (Å²) >= 11 is 1.65. The number of hydrogen-bond acceptors (Lipinski definition) is 8. The van der Waals surface area contributed by atoms with E-state index in [0.29, 0.717) is 29.9 Å². The molecule has 0 aromatic carbocycles. The number of nitrogens with one attached hydrogen (secondary N) is 2. The molecular formula is C42H69N3O6S. The van der Waals surface area contributed by atoms with E-state index in [4.69, 9.17) is 14.5 Å². The second-order valence-corrected chi connectivity index (χ2v) is 21.6. The summed E-state index contributed by atoms with van der Waals surface area (Å²) in [5, 5.41) is 29.7. The molecule has 6 rings (SSSR count). The van der Waals surface area contributed by atoms with Gasteiger partial charge in [0.05, 0.1) is 29.1 Å². The monoisotopic (exact) mass is 743 g/mol. The van der Waals surface area contributed by atoms with Gasteiger partial charge in [0.1, 0.15) is 5.60 Å². The molecule has 1 saturated heterocycles. The van der Waals surface area contributed by atoms with Crippen LogP contribution in [0.3, 0.4) is 0 Å². The first kappa shape index (κ1) is 39.9. The molecule has 1 aromatic rings. The number of carbonyl (C=O) groups is 2. The molecule has 1 aromatic heterocycles. The van der Waals surface area contributed by atoms with E-state index >= 15 is 0 Å². The topological polar surface area (TPSA) is 130 Å². The molecule has 4 fully saturated rings. The van der Waals surface area contributed by atoms with Crippen molar-refractivity contribution in [1.29, 1.82) is 0 Å². The van der Waals surface area contributed by atoms with Crippen LogP contribution in [0.5, 0.6) is 0 Å². The van der Waals surface area contributed by atoms with Gasteiger partial charge < -0.3 is 30.3 Å². The molecule has 52 heavy (non-hydrogen) atoms. The SMILES string of the molecule is CC(C)(C)OC(=O)NCCCCCC(=O)Nc1nc2c(s1)C[C@]1(C)[C@H]3C[C@@H](O)[C@@H]4C([C@]5(C)CC[C@@H](C(C)(C)O)O5)CC[C@@]4(C)[C@]3(C)CC[C@H]1C2(C)C. The summed E-state index contributed by atoms with van der Waals surface area (Å²) in [6.07, 6.45) is 9.80. The van der Waals surface area contributed by atoms with E-state index in [0.717, 1.165) is 76.3 Å². The molecule has 3 saturated carbocycles. The van der Waals surface area contributed by atoms with Crippen LogP contribution in [0.15, 0.2) is 0 Å². The quantitative estimate of drug-likeness (QED) is 0.187. The number of ether oxygens (including phenoxy) is 2. The largest absolute Gasteiger partial charge is 0.444 e. The molecule has 294 valence electrons. The fourth-order valence-corrected chi connectivity index (χ4v) is 14.0. The summed E-state index contributed by atoms with van der Waals surface area (Å²) in [6.45, 7) is 24.3. The number of anilines is 1. The third kappa shape index (κ3) is 6.87. The second kappa shape index (κ2) is 13.5. The molecule has 9 nitrogen and oxygen atoms in total. The van der Waals surface area contributed by atoms with Gasteiger partial charge in [0.25, 0.3) is 0 Å². The molecule has 0 radical (unpaired) electrons. The summed E-state index contributed by atoms with van der Waals surface area (Å²) in [7, 11) is 0. The molecule has 10 heteroatoms. The number of carbonyl (C=O) groups excluding carboxylic acids is 2. The molecule has 10 atom stereocenters. The van der Waals surface area contributed by atoms with Crippen LogP contribution in [0.1, 0.15) is 157 Å². The van der Waals surface area contributed by atoms with Gasteiger partial charge in [0.15, 0.2) is 5.13 Å². The number of nitrogens with zero attached hydrogens (tertiary/aromatic N) is 1. The smallest absolute Gasteiger partial charge is 0.407 e.